The molecule has 3 N–H and O–H groups in total. The molecule has 4 heterocycles. The van der Waals surface area contributed by atoms with E-state index >= 15 is 0 Å². The molecule has 3 aliphatic rings. The Labute approximate surface area is 225 Å². The van der Waals surface area contributed by atoms with Crippen LogP contribution in [0.3, 0.4) is 0 Å². The van der Waals surface area contributed by atoms with E-state index in [1.807, 2.05) is 31.2 Å². The second-order valence-electron chi connectivity index (χ2n) is 10.2. The minimum absolute atomic E-state index is 0.0293. The number of aryl methyl sites for hydroxylation is 1. The molecular formula is C28H30ClN7O2. The molecule has 0 radical (unpaired) electrons. The molecule has 0 saturated heterocycles. The SMILES string of the molecule is Cc1ccc(N2C=C(Cl)NN2)c(-c2cc(=O)n([C@H]3CCCCCNC(=O)[C@@H]4C[C@@H]4c4ccnc3c4)cn2)c1. The first-order valence-electron chi connectivity index (χ1n) is 13.1. The van der Waals surface area contributed by atoms with Gasteiger partial charge in [-0.3, -0.25) is 29.6 Å². The maximum Gasteiger partial charge on any atom is 0.254 e. The van der Waals surface area contributed by atoms with Crippen molar-refractivity contribution in [2.24, 2.45) is 5.92 Å². The van der Waals surface area contributed by atoms with Gasteiger partial charge in [-0.2, -0.15) is 0 Å². The fourth-order valence-electron chi connectivity index (χ4n) is 5.42. The van der Waals surface area contributed by atoms with Gasteiger partial charge in [0.2, 0.25) is 5.91 Å². The van der Waals surface area contributed by atoms with E-state index in [1.54, 1.807) is 34.4 Å². The van der Waals surface area contributed by atoms with Crippen LogP contribution in [-0.2, 0) is 4.79 Å². The Morgan fingerprint density at radius 3 is 2.74 bits per heavy atom. The number of hydrazine groups is 2. The number of nitrogens with one attached hydrogen (secondary N) is 3. The van der Waals surface area contributed by atoms with Crippen molar-refractivity contribution >= 4 is 23.2 Å². The Hall–Kier alpha value is -3.69. The van der Waals surface area contributed by atoms with Crippen LogP contribution in [0.2, 0.25) is 0 Å². The van der Waals surface area contributed by atoms with Gasteiger partial charge in [0, 0.05) is 30.3 Å². The lowest BCUT2D eigenvalue weighted by Crippen LogP contribution is -2.36. The Morgan fingerprint density at radius 2 is 1.92 bits per heavy atom. The van der Waals surface area contributed by atoms with Crippen LogP contribution in [0.5, 0.6) is 0 Å². The lowest BCUT2D eigenvalue weighted by molar-refractivity contribution is -0.122. The molecule has 2 bridgehead atoms. The van der Waals surface area contributed by atoms with Crippen LogP contribution in [-0.4, -0.2) is 27.0 Å². The summed E-state index contributed by atoms with van der Waals surface area (Å²) < 4.78 is 1.70. The van der Waals surface area contributed by atoms with Crippen LogP contribution in [0.1, 0.15) is 60.9 Å². The van der Waals surface area contributed by atoms with E-state index < -0.39 is 0 Å². The van der Waals surface area contributed by atoms with Crippen LogP contribution < -0.4 is 26.8 Å². The monoisotopic (exact) mass is 531 g/mol. The summed E-state index contributed by atoms with van der Waals surface area (Å²) in [6.07, 6.45) is 9.59. The van der Waals surface area contributed by atoms with E-state index in [2.05, 4.69) is 27.3 Å². The molecule has 9 nitrogen and oxygen atoms in total. The highest BCUT2D eigenvalue weighted by Crippen LogP contribution is 2.48. The molecule has 1 amide bonds. The standard InChI is InChI=1S/C28H30ClN7O2/c1-17-6-7-24(36-15-26(29)33-34-36)21(11-17)22-14-27(37)35(16-32-22)25-5-3-2-4-9-31-28(38)20-13-19(20)18-8-10-30-23(25)12-18/h6-8,10-12,14-16,19-20,25,33-34H,2-5,9,13H2,1H3,(H,31,38)/t19-,20-,25+/m1/s1. The summed E-state index contributed by atoms with van der Waals surface area (Å²) >= 11 is 6.09. The van der Waals surface area contributed by atoms with Gasteiger partial charge in [-0.1, -0.05) is 36.1 Å². The number of anilines is 1. The van der Waals surface area contributed by atoms with Gasteiger partial charge >= 0.3 is 0 Å². The van der Waals surface area contributed by atoms with Crippen molar-refractivity contribution in [3.8, 4) is 11.3 Å². The van der Waals surface area contributed by atoms with Crippen molar-refractivity contribution in [3.05, 3.63) is 87.5 Å². The van der Waals surface area contributed by atoms with Gasteiger partial charge in [0.1, 0.15) is 5.16 Å². The lowest BCUT2D eigenvalue weighted by Gasteiger charge is -2.21. The summed E-state index contributed by atoms with van der Waals surface area (Å²) in [7, 11) is 0. The molecule has 2 aliphatic heterocycles. The number of carbonyl (C=O) groups excluding carboxylic acids is 1. The largest absolute Gasteiger partial charge is 0.356 e. The van der Waals surface area contributed by atoms with Crippen molar-refractivity contribution in [3.63, 3.8) is 0 Å². The van der Waals surface area contributed by atoms with Gasteiger partial charge in [0.05, 0.1) is 35.6 Å². The average molecular weight is 532 g/mol. The first-order chi connectivity index (χ1) is 18.5. The lowest BCUT2D eigenvalue weighted by atomic mass is 10.0. The molecule has 3 aromatic rings. The van der Waals surface area contributed by atoms with Crippen LogP contribution in [0.15, 0.2) is 65.1 Å². The molecular weight excluding hydrogens is 502 g/mol. The number of rotatable bonds is 3. The van der Waals surface area contributed by atoms with Gasteiger partial charge < -0.3 is 5.32 Å². The van der Waals surface area contributed by atoms with E-state index in [0.29, 0.717) is 17.4 Å². The molecule has 0 unspecified atom stereocenters. The number of pyridine rings is 1. The summed E-state index contributed by atoms with van der Waals surface area (Å²) in [6.45, 7) is 2.70. The van der Waals surface area contributed by atoms with Gasteiger partial charge in [-0.15, -0.1) is 5.53 Å². The summed E-state index contributed by atoms with van der Waals surface area (Å²) in [5.41, 5.74) is 10.9. The van der Waals surface area contributed by atoms with Crippen LogP contribution >= 0.6 is 11.6 Å². The number of aromatic nitrogens is 3. The van der Waals surface area contributed by atoms with Gasteiger partial charge in [0.25, 0.3) is 5.56 Å². The molecule has 1 fully saturated rings. The van der Waals surface area contributed by atoms with Crippen LogP contribution in [0.4, 0.5) is 5.69 Å². The molecule has 3 atom stereocenters. The number of hydrogen-bond donors (Lipinski definition) is 3. The van der Waals surface area contributed by atoms with Crippen molar-refractivity contribution in [1.82, 2.24) is 30.8 Å². The molecule has 0 spiro atoms. The minimum atomic E-state index is -0.228. The second kappa shape index (κ2) is 10.2. The third-order valence-electron chi connectivity index (χ3n) is 7.55. The highest BCUT2D eigenvalue weighted by atomic mass is 35.5. The van der Waals surface area contributed by atoms with Crippen LogP contribution in [0.25, 0.3) is 11.3 Å². The highest BCUT2D eigenvalue weighted by molar-refractivity contribution is 6.29. The summed E-state index contributed by atoms with van der Waals surface area (Å²) in [5, 5.41) is 5.31. The zero-order valence-electron chi connectivity index (χ0n) is 21.2. The summed E-state index contributed by atoms with van der Waals surface area (Å²) in [5.74, 6) is 0.390. The molecule has 10 heteroatoms. The molecule has 38 heavy (non-hydrogen) atoms. The number of carbonyl (C=O) groups is 1. The Morgan fingerprint density at radius 1 is 1.03 bits per heavy atom. The maximum atomic E-state index is 13.6. The topological polar surface area (TPSA) is 104 Å². The van der Waals surface area contributed by atoms with Crippen molar-refractivity contribution in [2.75, 3.05) is 11.6 Å². The van der Waals surface area contributed by atoms with Crippen molar-refractivity contribution in [1.29, 1.82) is 0 Å². The summed E-state index contributed by atoms with van der Waals surface area (Å²) in [4.78, 5) is 35.5. The van der Waals surface area contributed by atoms with E-state index in [0.717, 1.165) is 60.2 Å². The number of fused-ring (bicyclic) bond motifs is 4. The maximum absolute atomic E-state index is 13.6. The predicted molar refractivity (Wildman–Crippen MR) is 146 cm³/mol. The smallest absolute Gasteiger partial charge is 0.254 e. The van der Waals surface area contributed by atoms with E-state index in [1.165, 1.54) is 0 Å². The van der Waals surface area contributed by atoms with Gasteiger partial charge in [0.15, 0.2) is 0 Å². The number of amides is 1. The minimum Gasteiger partial charge on any atom is -0.356 e. The molecule has 2 aromatic heterocycles. The second-order valence-corrected chi connectivity index (χ2v) is 10.7. The van der Waals surface area contributed by atoms with E-state index in [-0.39, 0.29) is 29.3 Å². The van der Waals surface area contributed by atoms with E-state index in [4.69, 9.17) is 16.6 Å². The highest BCUT2D eigenvalue weighted by Gasteiger charge is 2.44. The number of hydrogen-bond acceptors (Lipinski definition) is 7. The molecule has 1 aromatic carbocycles. The van der Waals surface area contributed by atoms with Crippen molar-refractivity contribution in [2.45, 2.75) is 51.0 Å². The van der Waals surface area contributed by atoms with Crippen molar-refractivity contribution < 1.29 is 4.79 Å². The zero-order valence-corrected chi connectivity index (χ0v) is 21.9. The number of benzene rings is 1. The molecule has 1 aliphatic carbocycles. The normalized spacial score (nSPS) is 23.2. The summed E-state index contributed by atoms with van der Waals surface area (Å²) in [6, 6.07) is 11.4. The first-order valence-corrected chi connectivity index (χ1v) is 13.5. The quantitative estimate of drug-likeness (QED) is 0.441. The Balaban J connectivity index is 1.36. The third-order valence-corrected chi connectivity index (χ3v) is 7.74. The van der Waals surface area contributed by atoms with Gasteiger partial charge in [-0.25, -0.2) is 4.98 Å². The fraction of sp³-hybridized carbons (Fsp3) is 0.357. The number of nitrogens with zero attached hydrogens (tertiary/aromatic N) is 4. The van der Waals surface area contributed by atoms with Gasteiger partial charge in [-0.05, 0) is 61.9 Å². The number of halogens is 1. The first kappa shape index (κ1) is 24.6. The van der Waals surface area contributed by atoms with E-state index in [9.17, 15) is 9.59 Å². The Bertz CT molecular complexity index is 1470. The Kier molecular flexibility index (Phi) is 6.63. The molecule has 196 valence electrons. The average Bonchev–Trinajstić information content (AvgIpc) is 3.61. The zero-order chi connectivity index (χ0) is 26.2. The fourth-order valence-corrected chi connectivity index (χ4v) is 5.56. The predicted octanol–water partition coefficient (Wildman–Crippen LogP) is 3.86. The third kappa shape index (κ3) is 4.91. The molecule has 1 saturated carbocycles. The molecule has 6 rings (SSSR count). The van der Waals surface area contributed by atoms with Crippen LogP contribution in [0, 0.1) is 12.8 Å².